The van der Waals surface area contributed by atoms with E-state index in [0.29, 0.717) is 38.9 Å². The second-order valence-corrected chi connectivity index (χ2v) is 8.73. The van der Waals surface area contributed by atoms with Crippen molar-refractivity contribution in [1.29, 1.82) is 0 Å². The molecule has 2 amide bonds. The topological polar surface area (TPSA) is 79.0 Å². The number of nitrogens with two attached hydrogens (primary N) is 1. The fourth-order valence-electron chi connectivity index (χ4n) is 4.35. The van der Waals surface area contributed by atoms with Crippen molar-refractivity contribution >= 4 is 17.5 Å². The van der Waals surface area contributed by atoms with Gasteiger partial charge in [0.05, 0.1) is 18.3 Å². The Labute approximate surface area is 183 Å². The van der Waals surface area contributed by atoms with Crippen LogP contribution in [0.15, 0.2) is 53.6 Å². The van der Waals surface area contributed by atoms with E-state index in [0.717, 1.165) is 16.8 Å². The molecule has 2 N–H and O–H groups in total. The van der Waals surface area contributed by atoms with Crippen LogP contribution in [0.3, 0.4) is 0 Å². The van der Waals surface area contributed by atoms with Crippen molar-refractivity contribution in [2.24, 2.45) is 16.8 Å². The lowest BCUT2D eigenvalue weighted by Crippen LogP contribution is -2.44. The maximum atomic E-state index is 13.3. The highest BCUT2D eigenvalue weighted by Gasteiger charge is 2.34. The summed E-state index contributed by atoms with van der Waals surface area (Å²) in [5.74, 6) is -0.327. The second kappa shape index (κ2) is 9.02. The first-order chi connectivity index (χ1) is 14.9. The minimum Gasteiger partial charge on any atom is -0.369 e. The fraction of sp³-hybridized carbons (Fsp3) is 0.400. The van der Waals surface area contributed by atoms with Gasteiger partial charge in [0, 0.05) is 12.3 Å². The highest BCUT2D eigenvalue weighted by atomic mass is 16.2. The number of hydrogen-bond donors (Lipinski definition) is 1. The largest absolute Gasteiger partial charge is 0.369 e. The molecule has 6 nitrogen and oxygen atoms in total. The predicted molar refractivity (Wildman–Crippen MR) is 121 cm³/mol. The summed E-state index contributed by atoms with van der Waals surface area (Å²) in [6.45, 7) is 5.84. The van der Waals surface area contributed by atoms with Gasteiger partial charge in [-0.05, 0) is 50.9 Å². The molecule has 0 unspecified atom stereocenters. The Morgan fingerprint density at radius 3 is 2.13 bits per heavy atom. The minimum atomic E-state index is -0.239. The van der Waals surface area contributed by atoms with Crippen LogP contribution >= 0.6 is 0 Å². The summed E-state index contributed by atoms with van der Waals surface area (Å²) >= 11 is 0. The highest BCUT2D eigenvalue weighted by Crippen LogP contribution is 2.33. The van der Waals surface area contributed by atoms with Crippen molar-refractivity contribution in [2.75, 3.05) is 19.6 Å². The van der Waals surface area contributed by atoms with E-state index in [1.807, 2.05) is 0 Å². The van der Waals surface area contributed by atoms with E-state index < -0.39 is 0 Å². The molecule has 4 rings (SSSR count). The summed E-state index contributed by atoms with van der Waals surface area (Å²) < 4.78 is 0. The maximum absolute atomic E-state index is 13.3. The van der Waals surface area contributed by atoms with Crippen LogP contribution in [-0.4, -0.2) is 47.1 Å². The maximum Gasteiger partial charge on any atom is 0.257 e. The van der Waals surface area contributed by atoms with E-state index in [9.17, 15) is 9.59 Å². The first-order valence-electron chi connectivity index (χ1n) is 11.0. The van der Waals surface area contributed by atoms with Gasteiger partial charge in [0.2, 0.25) is 5.91 Å². The van der Waals surface area contributed by atoms with Gasteiger partial charge in [-0.25, -0.2) is 5.01 Å². The molecule has 2 aromatic rings. The highest BCUT2D eigenvalue weighted by molar-refractivity contribution is 6.03. The predicted octanol–water partition coefficient (Wildman–Crippen LogP) is 3.18. The van der Waals surface area contributed by atoms with Gasteiger partial charge in [0.1, 0.15) is 0 Å². The molecule has 2 heterocycles. The van der Waals surface area contributed by atoms with E-state index in [-0.39, 0.29) is 23.8 Å². The van der Waals surface area contributed by atoms with Gasteiger partial charge in [-0.3, -0.25) is 14.5 Å². The zero-order valence-corrected chi connectivity index (χ0v) is 18.3. The van der Waals surface area contributed by atoms with Gasteiger partial charge >= 0.3 is 0 Å². The summed E-state index contributed by atoms with van der Waals surface area (Å²) in [4.78, 5) is 26.8. The molecule has 0 aromatic heterocycles. The standard InChI is InChI=1S/C25H30N4O2/c1-17-3-7-19(8-4-17)22-15-23(20-9-5-18(2)6-10-20)29(27-22)24(30)16-28-13-11-21(12-14-28)25(26)31/h3-10,21,23H,11-16H2,1-2H3,(H2,26,31)/t23-/m0/s1. The van der Waals surface area contributed by atoms with E-state index in [2.05, 4.69) is 67.3 Å². The summed E-state index contributed by atoms with van der Waals surface area (Å²) in [7, 11) is 0. The van der Waals surface area contributed by atoms with Gasteiger partial charge in [0.25, 0.3) is 5.91 Å². The van der Waals surface area contributed by atoms with Gasteiger partial charge < -0.3 is 5.73 Å². The Morgan fingerprint density at radius 2 is 1.55 bits per heavy atom. The van der Waals surface area contributed by atoms with Crippen molar-refractivity contribution in [3.05, 3.63) is 70.8 Å². The van der Waals surface area contributed by atoms with Crippen LogP contribution in [0.25, 0.3) is 0 Å². The molecular weight excluding hydrogens is 388 g/mol. The van der Waals surface area contributed by atoms with Gasteiger partial charge in [0.15, 0.2) is 0 Å². The lowest BCUT2D eigenvalue weighted by atomic mass is 9.96. The normalized spacial score (nSPS) is 20.0. The van der Waals surface area contributed by atoms with Crippen LogP contribution < -0.4 is 5.73 Å². The van der Waals surface area contributed by atoms with Gasteiger partial charge in [-0.15, -0.1) is 0 Å². The van der Waals surface area contributed by atoms with Crippen LogP contribution in [0.2, 0.25) is 0 Å². The van der Waals surface area contributed by atoms with E-state index in [1.165, 1.54) is 11.1 Å². The first kappa shape index (κ1) is 21.2. The molecule has 0 bridgehead atoms. The lowest BCUT2D eigenvalue weighted by Gasteiger charge is -2.31. The zero-order chi connectivity index (χ0) is 22.0. The number of amides is 2. The number of aryl methyl sites for hydroxylation is 2. The second-order valence-electron chi connectivity index (χ2n) is 8.73. The third-order valence-corrected chi connectivity index (χ3v) is 6.36. The third-order valence-electron chi connectivity index (χ3n) is 6.36. The summed E-state index contributed by atoms with van der Waals surface area (Å²) in [5.41, 5.74) is 10.9. The van der Waals surface area contributed by atoms with Crippen LogP contribution in [0, 0.1) is 19.8 Å². The molecule has 0 aliphatic carbocycles. The third kappa shape index (κ3) is 4.85. The monoisotopic (exact) mass is 418 g/mol. The molecule has 0 spiro atoms. The molecule has 2 aliphatic rings. The number of likely N-dealkylation sites (tertiary alicyclic amines) is 1. The molecular formula is C25H30N4O2. The van der Waals surface area contributed by atoms with Crippen LogP contribution in [0.1, 0.15) is 47.6 Å². The van der Waals surface area contributed by atoms with Crippen LogP contribution in [0.4, 0.5) is 0 Å². The smallest absolute Gasteiger partial charge is 0.257 e. The van der Waals surface area contributed by atoms with E-state index in [1.54, 1.807) is 5.01 Å². The number of nitrogens with zero attached hydrogens (tertiary/aromatic N) is 3. The molecule has 0 radical (unpaired) electrons. The van der Waals surface area contributed by atoms with Crippen molar-refractivity contribution in [3.63, 3.8) is 0 Å². The van der Waals surface area contributed by atoms with Crippen LogP contribution in [0.5, 0.6) is 0 Å². The number of carbonyl (C=O) groups is 2. The summed E-state index contributed by atoms with van der Waals surface area (Å²) in [6, 6.07) is 16.5. The number of carbonyl (C=O) groups excluding carboxylic acids is 2. The molecule has 6 heteroatoms. The number of piperidine rings is 1. The number of primary amides is 1. The average molecular weight is 419 g/mol. The molecule has 162 valence electrons. The van der Waals surface area contributed by atoms with Gasteiger partial charge in [-0.2, -0.15) is 5.10 Å². The Morgan fingerprint density at radius 1 is 0.968 bits per heavy atom. The molecule has 1 fully saturated rings. The molecule has 0 saturated carbocycles. The molecule has 31 heavy (non-hydrogen) atoms. The van der Waals surface area contributed by atoms with E-state index in [4.69, 9.17) is 10.8 Å². The van der Waals surface area contributed by atoms with Gasteiger partial charge in [-0.1, -0.05) is 59.7 Å². The lowest BCUT2D eigenvalue weighted by molar-refractivity contribution is -0.134. The summed E-state index contributed by atoms with van der Waals surface area (Å²) in [5, 5.41) is 6.44. The molecule has 2 aromatic carbocycles. The average Bonchev–Trinajstić information content (AvgIpc) is 3.21. The number of hydrazone groups is 1. The number of rotatable bonds is 5. The van der Waals surface area contributed by atoms with E-state index >= 15 is 0 Å². The Balaban J connectivity index is 1.53. The van der Waals surface area contributed by atoms with Crippen molar-refractivity contribution in [1.82, 2.24) is 9.91 Å². The Hall–Kier alpha value is -2.99. The van der Waals surface area contributed by atoms with Crippen molar-refractivity contribution in [3.8, 4) is 0 Å². The fourth-order valence-corrected chi connectivity index (χ4v) is 4.35. The first-order valence-corrected chi connectivity index (χ1v) is 11.0. The van der Waals surface area contributed by atoms with Crippen molar-refractivity contribution < 1.29 is 9.59 Å². The summed E-state index contributed by atoms with van der Waals surface area (Å²) in [6.07, 6.45) is 2.12. The van der Waals surface area contributed by atoms with Crippen molar-refractivity contribution in [2.45, 2.75) is 39.2 Å². The van der Waals surface area contributed by atoms with Crippen LogP contribution in [-0.2, 0) is 9.59 Å². The SMILES string of the molecule is Cc1ccc(C2=NN(C(=O)CN3CCC(C(N)=O)CC3)[C@H](c3ccc(C)cc3)C2)cc1. The molecule has 2 aliphatic heterocycles. The number of benzene rings is 2. The number of hydrogen-bond acceptors (Lipinski definition) is 4. The molecule has 1 saturated heterocycles. The zero-order valence-electron chi connectivity index (χ0n) is 18.3. The molecule has 1 atom stereocenters. The Bertz CT molecular complexity index is 974. The quantitative estimate of drug-likeness (QED) is 0.810. The minimum absolute atomic E-state index is 0.00906. The Kier molecular flexibility index (Phi) is 6.18.